The molecule has 5 heterocycles. The molecule has 0 spiro atoms. The third kappa shape index (κ3) is 8.03. The van der Waals surface area contributed by atoms with Crippen LogP contribution >= 0.6 is 0 Å². The summed E-state index contributed by atoms with van der Waals surface area (Å²) in [7, 11) is 1.29. The van der Waals surface area contributed by atoms with Gasteiger partial charge in [-0.05, 0) is 93.9 Å². The first-order chi connectivity index (χ1) is 25.8. The van der Waals surface area contributed by atoms with E-state index in [4.69, 9.17) is 24.8 Å². The Balaban J connectivity index is 0.00000580. The number of allylic oxidation sites excluding steroid dienone is 3. The number of carbonyl (C=O) groups is 3. The summed E-state index contributed by atoms with van der Waals surface area (Å²) in [5, 5.41) is 7.05. The Hall–Kier alpha value is -4.28. The second-order valence-electron chi connectivity index (χ2n) is 15.4. The fourth-order valence-electron chi connectivity index (χ4n) is 8.25. The number of aromatic amines is 1. The van der Waals surface area contributed by atoms with Crippen molar-refractivity contribution in [3.8, 4) is 0 Å². The van der Waals surface area contributed by atoms with Crippen LogP contribution < -0.4 is 20.7 Å². The average Bonchev–Trinajstić information content (AvgIpc) is 3.87. The van der Waals surface area contributed by atoms with E-state index in [1.807, 2.05) is 38.2 Å². The number of ether oxygens (including phenoxy) is 2. The summed E-state index contributed by atoms with van der Waals surface area (Å²) in [4.78, 5) is 54.7. The van der Waals surface area contributed by atoms with Crippen LogP contribution in [0.3, 0.4) is 0 Å². The maximum atomic E-state index is 14.3. The van der Waals surface area contributed by atoms with E-state index in [1.165, 1.54) is 12.7 Å². The summed E-state index contributed by atoms with van der Waals surface area (Å²) in [6.45, 7) is 21.0. The minimum Gasteiger partial charge on any atom is -0.664 e. The molecule has 2 aliphatic heterocycles. The molecule has 8 bridgehead atoms. The zero-order chi connectivity index (χ0) is 39.0. The molecule has 3 atom stereocenters. The van der Waals surface area contributed by atoms with Gasteiger partial charge in [0.2, 0.25) is 0 Å². The van der Waals surface area contributed by atoms with E-state index >= 15 is 0 Å². The standard InChI is InChI=1S/C45H54N4O5.Mg/c1-11-29-25(6)32-20-34-27(8)31(16-17-38(50)54-19-18-24(5)15-13-14-23(3)4)42(48-34)40-41(45(52)53-10)44(51)39-28(9)35(49-43(39)40)22-37-30(12-2)26(7)33(47-37)21-36(29)46-32;/h11,18,20-23,27,31,41,47H,1,12-17,19H2,2-10H3,(H-,48,49,51);/q-2;+2/p-1/b24-18+,33-21-,34-20-,37-22-;/t27-,31-,41+;/m0./s1. The number of fused-ring (bicyclic) bond motifs is 7. The second-order valence-corrected chi connectivity index (χ2v) is 15.4. The van der Waals surface area contributed by atoms with Gasteiger partial charge >= 0.3 is 35.0 Å². The van der Waals surface area contributed by atoms with E-state index in [-0.39, 0.29) is 59.7 Å². The van der Waals surface area contributed by atoms with E-state index in [0.717, 1.165) is 75.7 Å². The van der Waals surface area contributed by atoms with Gasteiger partial charge in [0.25, 0.3) is 0 Å². The van der Waals surface area contributed by atoms with Crippen LogP contribution in [0.25, 0.3) is 35.2 Å². The van der Waals surface area contributed by atoms with Crippen LogP contribution in [0, 0.1) is 44.4 Å². The number of Topliss-reactive ketones (excluding diaryl/α,β-unsaturated/α-hetero) is 1. The topological polar surface area (TPSA) is 128 Å². The van der Waals surface area contributed by atoms with Crippen molar-refractivity contribution in [2.24, 2.45) is 23.7 Å². The van der Waals surface area contributed by atoms with Crippen molar-refractivity contribution < 1.29 is 23.9 Å². The number of carbonyl (C=O) groups excluding carboxylic acids is 3. The quantitative estimate of drug-likeness (QED) is 0.0903. The molecule has 0 unspecified atom stereocenters. The van der Waals surface area contributed by atoms with Crippen LogP contribution in [0.15, 0.2) is 29.6 Å². The van der Waals surface area contributed by atoms with Gasteiger partial charge in [0.05, 0.1) is 7.11 Å². The number of nitrogens with zero attached hydrogens (tertiary/aromatic N) is 3. The Morgan fingerprint density at radius 1 is 1.00 bits per heavy atom. The Morgan fingerprint density at radius 2 is 1.71 bits per heavy atom. The van der Waals surface area contributed by atoms with Crippen molar-refractivity contribution in [3.63, 3.8) is 0 Å². The van der Waals surface area contributed by atoms with E-state index in [2.05, 4.69) is 59.2 Å². The van der Waals surface area contributed by atoms with Gasteiger partial charge in [-0.2, -0.15) is 11.4 Å². The maximum Gasteiger partial charge on any atom is 2.00 e. The molecule has 1 aliphatic carbocycles. The Kier molecular flexibility index (Phi) is 13.1. The monoisotopic (exact) mass is 753 g/mol. The second kappa shape index (κ2) is 17.2. The van der Waals surface area contributed by atoms with E-state index in [9.17, 15) is 14.4 Å². The SMILES string of the molecule is C=Cc1c2[n-]c(c1C)/C=C1\[N-]/C(=C3\c4[n-]c(c(C)c4C(=O)[C@@H]3C(=O)OC)/C=c3\[nH]/c(c(C)c3CC)=C\2)[C@@H](CCC(=O)OC/C=C(\C)CCCC(C)C)[C@@H]1C.[Mg+2]. The molecule has 1 N–H and O–H groups in total. The number of rotatable bonds is 12. The summed E-state index contributed by atoms with van der Waals surface area (Å²) in [6, 6.07) is 0. The molecule has 0 saturated carbocycles. The van der Waals surface area contributed by atoms with Crippen molar-refractivity contribution in [1.29, 1.82) is 0 Å². The first kappa shape index (κ1) is 41.9. The minimum absolute atomic E-state index is 0. The first-order valence-corrected chi connectivity index (χ1v) is 19.3. The predicted molar refractivity (Wildman–Crippen MR) is 220 cm³/mol. The van der Waals surface area contributed by atoms with Crippen LogP contribution in [0.2, 0.25) is 0 Å². The smallest absolute Gasteiger partial charge is 0.664 e. The van der Waals surface area contributed by atoms with Gasteiger partial charge in [-0.1, -0.05) is 87.3 Å². The average molecular weight is 754 g/mol. The molecular weight excluding hydrogens is 701 g/mol. The summed E-state index contributed by atoms with van der Waals surface area (Å²) in [5.74, 6) is -2.34. The van der Waals surface area contributed by atoms with Crippen LogP contribution in [-0.4, -0.2) is 59.5 Å². The number of aromatic nitrogens is 3. The van der Waals surface area contributed by atoms with Crippen LogP contribution in [-0.2, 0) is 25.5 Å². The molecule has 3 aromatic heterocycles. The Bertz CT molecular complexity index is 2240. The molecule has 3 aromatic rings. The van der Waals surface area contributed by atoms with Gasteiger partial charge in [-0.25, -0.2) is 0 Å². The van der Waals surface area contributed by atoms with E-state index < -0.39 is 11.9 Å². The molecule has 55 heavy (non-hydrogen) atoms. The summed E-state index contributed by atoms with van der Waals surface area (Å²) >= 11 is 0. The summed E-state index contributed by atoms with van der Waals surface area (Å²) in [6.07, 6.45) is 14.5. The predicted octanol–water partition coefficient (Wildman–Crippen LogP) is 7.12. The molecule has 0 radical (unpaired) electrons. The maximum absolute atomic E-state index is 14.3. The molecule has 3 aliphatic rings. The number of hydrogen-bond acceptors (Lipinski definition) is 5. The molecule has 1 fully saturated rings. The fraction of sp³-hybridized carbons (Fsp3) is 0.444. The number of H-pyrrole nitrogens is 1. The largest absolute Gasteiger partial charge is 2.00 e. The molecule has 9 nitrogen and oxygen atoms in total. The number of hydrogen-bond donors (Lipinski definition) is 1. The third-order valence-corrected chi connectivity index (χ3v) is 11.5. The van der Waals surface area contributed by atoms with E-state index in [1.54, 1.807) is 0 Å². The normalized spacial score (nSPS) is 22.2. The Morgan fingerprint density at radius 3 is 2.38 bits per heavy atom. The molecular formula is C45H53MgN4O5-. The number of nitrogens with one attached hydrogen (secondary N) is 1. The number of methoxy groups -OCH3 is 1. The zero-order valence-electron chi connectivity index (χ0n) is 33.9. The van der Waals surface area contributed by atoms with Crippen molar-refractivity contribution in [1.82, 2.24) is 15.0 Å². The van der Waals surface area contributed by atoms with Gasteiger partial charge in [0.1, 0.15) is 12.5 Å². The van der Waals surface area contributed by atoms with Gasteiger partial charge in [-0.3, -0.25) is 14.4 Å². The van der Waals surface area contributed by atoms with Crippen molar-refractivity contribution >= 4 is 70.7 Å². The Labute approximate surface area is 341 Å². The van der Waals surface area contributed by atoms with Gasteiger partial charge in [0.15, 0.2) is 5.78 Å². The third-order valence-electron chi connectivity index (χ3n) is 11.5. The van der Waals surface area contributed by atoms with Gasteiger partial charge in [0, 0.05) is 22.7 Å². The molecule has 0 amide bonds. The zero-order valence-corrected chi connectivity index (χ0v) is 35.4. The van der Waals surface area contributed by atoms with Crippen LogP contribution in [0.1, 0.15) is 128 Å². The van der Waals surface area contributed by atoms with Crippen molar-refractivity contribution in [2.45, 2.75) is 93.9 Å². The van der Waals surface area contributed by atoms with Crippen LogP contribution in [0.5, 0.6) is 0 Å². The van der Waals surface area contributed by atoms with Gasteiger partial charge < -0.3 is 29.7 Å². The van der Waals surface area contributed by atoms with Crippen molar-refractivity contribution in [3.05, 3.63) is 102 Å². The summed E-state index contributed by atoms with van der Waals surface area (Å²) < 4.78 is 10.9. The summed E-state index contributed by atoms with van der Waals surface area (Å²) in [5.41, 5.74) is 10.9. The molecule has 0 aromatic carbocycles. The molecule has 10 heteroatoms. The van der Waals surface area contributed by atoms with Gasteiger partial charge in [-0.15, -0.1) is 22.8 Å². The molecule has 286 valence electrons. The van der Waals surface area contributed by atoms with E-state index in [0.29, 0.717) is 46.1 Å². The fourth-order valence-corrected chi connectivity index (χ4v) is 8.25. The van der Waals surface area contributed by atoms with Crippen molar-refractivity contribution in [2.75, 3.05) is 13.7 Å². The molecule has 6 rings (SSSR count). The molecule has 1 saturated heterocycles. The van der Waals surface area contributed by atoms with Crippen LogP contribution in [0.4, 0.5) is 0 Å². The number of esters is 2. The number of ketones is 1. The first-order valence-electron chi connectivity index (χ1n) is 19.3. The minimum atomic E-state index is -1.21.